The van der Waals surface area contributed by atoms with Gasteiger partial charge in [-0.25, -0.2) is 9.79 Å². The zero-order valence-electron chi connectivity index (χ0n) is 23.3. The number of alkyl halides is 3. The fourth-order valence-corrected chi connectivity index (χ4v) is 6.58. The van der Waals surface area contributed by atoms with Crippen molar-refractivity contribution in [1.29, 1.82) is 0 Å². The molecule has 0 aliphatic carbocycles. The summed E-state index contributed by atoms with van der Waals surface area (Å²) in [6.45, 7) is 1.13. The molecule has 0 saturated heterocycles. The van der Waals surface area contributed by atoms with E-state index in [0.29, 0.717) is 21.9 Å². The van der Waals surface area contributed by atoms with Crippen LogP contribution in [-0.2, 0) is 16.1 Å². The van der Waals surface area contributed by atoms with Gasteiger partial charge in [0.2, 0.25) is 5.75 Å². The van der Waals surface area contributed by atoms with Gasteiger partial charge in [0.05, 0.1) is 32.2 Å². The van der Waals surface area contributed by atoms with E-state index in [1.165, 1.54) is 43.3 Å². The third-order valence-corrected chi connectivity index (χ3v) is 8.84. The highest BCUT2D eigenvalue weighted by Crippen LogP contribution is 2.39. The number of hydrogen-bond acceptors (Lipinski definition) is 8. The molecular weight excluding hydrogens is 738 g/mol. The summed E-state index contributed by atoms with van der Waals surface area (Å²) in [6.07, 6.45) is -3.80. The number of carbonyl (C=O) groups is 1. The van der Waals surface area contributed by atoms with Crippen LogP contribution in [0.2, 0.25) is 10.0 Å². The van der Waals surface area contributed by atoms with E-state index in [-0.39, 0.29) is 48.9 Å². The summed E-state index contributed by atoms with van der Waals surface area (Å²) < 4.78 is 54.7. The molecule has 2 heterocycles. The third kappa shape index (κ3) is 6.75. The lowest BCUT2D eigenvalue weighted by Crippen LogP contribution is -2.41. The number of hydrogen-bond donors (Lipinski definition) is 0. The van der Waals surface area contributed by atoms with Gasteiger partial charge in [0.15, 0.2) is 10.5 Å². The number of benzene rings is 3. The zero-order chi connectivity index (χ0) is 33.3. The molecule has 0 saturated carbocycles. The number of halogens is 6. The number of nitro benzene ring substituents is 1. The minimum atomic E-state index is -5.08. The Morgan fingerprint density at radius 3 is 2.50 bits per heavy atom. The van der Waals surface area contributed by atoms with Crippen molar-refractivity contribution in [2.24, 2.45) is 4.99 Å². The van der Waals surface area contributed by atoms with Crippen molar-refractivity contribution in [3.05, 3.63) is 133 Å². The molecule has 9 nitrogen and oxygen atoms in total. The van der Waals surface area contributed by atoms with Crippen LogP contribution in [0.1, 0.15) is 29.7 Å². The molecule has 3 aromatic carbocycles. The Labute approximate surface area is 280 Å². The Morgan fingerprint density at radius 1 is 1.17 bits per heavy atom. The van der Waals surface area contributed by atoms with Gasteiger partial charge in [-0.1, -0.05) is 64.9 Å². The highest BCUT2D eigenvalue weighted by atomic mass is 79.9. The van der Waals surface area contributed by atoms with Gasteiger partial charge in [-0.2, -0.15) is 13.2 Å². The van der Waals surface area contributed by atoms with Gasteiger partial charge >= 0.3 is 17.8 Å². The Hall–Kier alpha value is -3.98. The van der Waals surface area contributed by atoms with Crippen LogP contribution < -0.4 is 19.6 Å². The zero-order valence-corrected chi connectivity index (χ0v) is 27.2. The first-order valence-corrected chi connectivity index (χ1v) is 15.6. The standard InChI is InChI=1S/C30H19BrCl2F3N3O6S/c1-2-44-28(41)23-24(16-7-9-18(32)10-8-16)38-27(40)22(46-29(38)37-26(23)30(34,35)36)13-15-11-19(31)25(21(12-15)39(42)43)45-14-17-5-3-4-6-20(17)33/h3-13,24H,2,14H2,1H3/b22-13-/t24-/m0/s1. The SMILES string of the molecule is CCOC(=O)C1=C(C(F)(F)F)N=c2s/c(=C\c3cc(Br)c(OCc4ccccc4Cl)c([N+](=O)[O-])c3)c(=O)n2[C@H]1c1ccc(Cl)cc1. The fraction of sp³-hybridized carbons (Fsp3) is 0.167. The van der Waals surface area contributed by atoms with Gasteiger partial charge < -0.3 is 9.47 Å². The Balaban J connectivity index is 1.67. The molecule has 46 heavy (non-hydrogen) atoms. The molecule has 1 aromatic heterocycles. The molecular formula is C30H19BrCl2F3N3O6S. The summed E-state index contributed by atoms with van der Waals surface area (Å²) in [7, 11) is 0. The van der Waals surface area contributed by atoms with E-state index in [1.807, 2.05) is 0 Å². The molecule has 16 heteroatoms. The molecule has 4 aromatic rings. The number of esters is 1. The minimum absolute atomic E-state index is 0.0773. The van der Waals surface area contributed by atoms with Crippen LogP contribution in [0.5, 0.6) is 5.75 Å². The number of aromatic nitrogens is 1. The summed E-state index contributed by atoms with van der Waals surface area (Å²) in [5.74, 6) is -1.39. The van der Waals surface area contributed by atoms with Gasteiger partial charge in [-0.05, 0) is 64.3 Å². The third-order valence-electron chi connectivity index (χ3n) is 6.65. The Kier molecular flexibility index (Phi) is 9.73. The molecule has 0 fully saturated rings. The summed E-state index contributed by atoms with van der Waals surface area (Å²) in [6, 6.07) is 13.5. The topological polar surface area (TPSA) is 113 Å². The van der Waals surface area contributed by atoms with Crippen LogP contribution in [0.15, 0.2) is 86.2 Å². The van der Waals surface area contributed by atoms with Crippen molar-refractivity contribution >= 4 is 68.2 Å². The molecule has 238 valence electrons. The summed E-state index contributed by atoms with van der Waals surface area (Å²) in [5, 5.41) is 12.7. The highest BCUT2D eigenvalue weighted by Gasteiger charge is 2.45. The number of ether oxygens (including phenoxy) is 2. The number of rotatable bonds is 8. The molecule has 1 aliphatic rings. The van der Waals surface area contributed by atoms with Gasteiger partial charge in [0.1, 0.15) is 6.61 Å². The molecule has 0 bridgehead atoms. The second-order valence-corrected chi connectivity index (χ2v) is 12.3. The summed E-state index contributed by atoms with van der Waals surface area (Å²) in [5.41, 5.74) is -2.70. The summed E-state index contributed by atoms with van der Waals surface area (Å²) >= 11 is 16.1. The Morgan fingerprint density at radius 2 is 1.87 bits per heavy atom. The number of nitrogens with zero attached hydrogens (tertiary/aromatic N) is 3. The van der Waals surface area contributed by atoms with Gasteiger partial charge in [0, 0.05) is 21.7 Å². The second kappa shape index (κ2) is 13.4. The fourth-order valence-electron chi connectivity index (χ4n) is 4.68. The van der Waals surface area contributed by atoms with Crippen LogP contribution in [0.4, 0.5) is 18.9 Å². The second-order valence-electron chi connectivity index (χ2n) is 9.60. The van der Waals surface area contributed by atoms with E-state index in [4.69, 9.17) is 32.7 Å². The minimum Gasteiger partial charge on any atom is -0.481 e. The van der Waals surface area contributed by atoms with Gasteiger partial charge in [-0.15, -0.1) is 0 Å². The molecule has 5 rings (SSSR count). The molecule has 0 radical (unpaired) electrons. The van der Waals surface area contributed by atoms with Crippen LogP contribution in [-0.4, -0.2) is 28.2 Å². The number of thiazole rings is 1. The van der Waals surface area contributed by atoms with E-state index in [9.17, 15) is 32.9 Å². The van der Waals surface area contributed by atoms with E-state index >= 15 is 0 Å². The predicted octanol–water partition coefficient (Wildman–Crippen LogP) is 6.90. The maximum absolute atomic E-state index is 14.3. The molecule has 1 atom stereocenters. The van der Waals surface area contributed by atoms with E-state index in [2.05, 4.69) is 20.9 Å². The van der Waals surface area contributed by atoms with Crippen molar-refractivity contribution in [1.82, 2.24) is 4.57 Å². The van der Waals surface area contributed by atoms with E-state index in [0.717, 1.165) is 10.6 Å². The molecule has 1 aliphatic heterocycles. The normalized spacial score (nSPS) is 14.9. The number of fused-ring (bicyclic) bond motifs is 1. The highest BCUT2D eigenvalue weighted by molar-refractivity contribution is 9.10. The lowest BCUT2D eigenvalue weighted by atomic mass is 9.95. The quantitative estimate of drug-likeness (QED) is 0.110. The molecule has 0 N–H and O–H groups in total. The Bertz CT molecular complexity index is 2080. The maximum atomic E-state index is 14.3. The summed E-state index contributed by atoms with van der Waals surface area (Å²) in [4.78, 5) is 41.5. The first-order valence-electron chi connectivity index (χ1n) is 13.2. The average Bonchev–Trinajstić information content (AvgIpc) is 3.30. The van der Waals surface area contributed by atoms with E-state index in [1.54, 1.807) is 24.3 Å². The first-order chi connectivity index (χ1) is 21.8. The molecule has 0 amide bonds. The van der Waals surface area contributed by atoms with E-state index < -0.39 is 45.6 Å². The monoisotopic (exact) mass is 755 g/mol. The van der Waals surface area contributed by atoms with Crippen molar-refractivity contribution in [3.63, 3.8) is 0 Å². The number of nitro groups is 1. The van der Waals surface area contributed by atoms with Crippen LogP contribution in [0.3, 0.4) is 0 Å². The van der Waals surface area contributed by atoms with Crippen LogP contribution in [0, 0.1) is 10.1 Å². The first kappa shape index (κ1) is 33.4. The maximum Gasteiger partial charge on any atom is 0.434 e. The van der Waals surface area contributed by atoms with Crippen molar-refractivity contribution in [2.45, 2.75) is 25.7 Å². The molecule has 0 unspecified atom stereocenters. The predicted molar refractivity (Wildman–Crippen MR) is 169 cm³/mol. The van der Waals surface area contributed by atoms with Crippen molar-refractivity contribution in [3.8, 4) is 5.75 Å². The lowest BCUT2D eigenvalue weighted by molar-refractivity contribution is -0.386. The van der Waals surface area contributed by atoms with Crippen LogP contribution >= 0.6 is 50.5 Å². The number of carbonyl (C=O) groups excluding carboxylic acids is 1. The number of allylic oxidation sites excluding steroid dienone is 1. The lowest BCUT2D eigenvalue weighted by Gasteiger charge is -2.26. The van der Waals surface area contributed by atoms with Crippen molar-refractivity contribution < 1.29 is 32.4 Å². The molecule has 0 spiro atoms. The average molecular weight is 757 g/mol. The van der Waals surface area contributed by atoms with Crippen LogP contribution in [0.25, 0.3) is 6.08 Å². The largest absolute Gasteiger partial charge is 0.481 e. The van der Waals surface area contributed by atoms with Gasteiger partial charge in [-0.3, -0.25) is 19.5 Å². The van der Waals surface area contributed by atoms with Crippen molar-refractivity contribution in [2.75, 3.05) is 6.61 Å². The smallest absolute Gasteiger partial charge is 0.434 e. The van der Waals surface area contributed by atoms with Gasteiger partial charge in [0.25, 0.3) is 5.56 Å².